The molecule has 0 aromatic rings. The van der Waals surface area contributed by atoms with Crippen LogP contribution in [0.25, 0.3) is 0 Å². The fraction of sp³-hybridized carbons (Fsp3) is 0.833. The van der Waals surface area contributed by atoms with E-state index in [0.29, 0.717) is 13.0 Å². The summed E-state index contributed by atoms with van der Waals surface area (Å²) in [4.78, 5) is 27.1. The number of hydrogen-bond donors (Lipinski definition) is 0. The Labute approximate surface area is 97.6 Å². The molecule has 0 bridgehead atoms. The molecule has 1 heterocycles. The number of ketones is 1. The predicted octanol–water partition coefficient (Wildman–Crippen LogP) is 0.908. The van der Waals surface area contributed by atoms with E-state index in [2.05, 4.69) is 0 Å². The lowest BCUT2D eigenvalue weighted by Gasteiger charge is -2.25. The summed E-state index contributed by atoms with van der Waals surface area (Å²) in [5.41, 5.74) is 0. The van der Waals surface area contributed by atoms with Gasteiger partial charge in [-0.05, 0) is 26.8 Å². The maximum Gasteiger partial charge on any atom is 0.236 e. The summed E-state index contributed by atoms with van der Waals surface area (Å²) in [6, 6.07) is -0.156. The zero-order valence-electron chi connectivity index (χ0n) is 10.5. The van der Waals surface area contributed by atoms with E-state index in [0.717, 1.165) is 25.9 Å². The Bertz CT molecular complexity index is 260. The Balaban J connectivity index is 2.40. The molecular weight excluding hydrogens is 204 g/mol. The van der Waals surface area contributed by atoms with Crippen LogP contribution in [0.2, 0.25) is 0 Å². The third kappa shape index (κ3) is 3.30. The van der Waals surface area contributed by atoms with Crippen LogP contribution in [0.5, 0.6) is 0 Å². The van der Waals surface area contributed by atoms with Gasteiger partial charge in [0, 0.05) is 19.5 Å². The molecule has 1 saturated heterocycles. The molecule has 1 atom stereocenters. The maximum absolute atomic E-state index is 11.8. The number of hydrogen-bond acceptors (Lipinski definition) is 3. The molecule has 0 saturated carbocycles. The lowest BCUT2D eigenvalue weighted by molar-refractivity contribution is -0.132. The highest BCUT2D eigenvalue weighted by Gasteiger charge is 2.23. The summed E-state index contributed by atoms with van der Waals surface area (Å²) < 4.78 is 0. The quantitative estimate of drug-likeness (QED) is 0.699. The van der Waals surface area contributed by atoms with Gasteiger partial charge in [0.2, 0.25) is 5.91 Å². The summed E-state index contributed by atoms with van der Waals surface area (Å²) in [5, 5.41) is 0. The second-order valence-corrected chi connectivity index (χ2v) is 4.50. The van der Waals surface area contributed by atoms with E-state index in [1.54, 1.807) is 0 Å². The lowest BCUT2D eigenvalue weighted by Crippen LogP contribution is -2.43. The molecule has 1 rings (SSSR count). The van der Waals surface area contributed by atoms with Crippen LogP contribution < -0.4 is 0 Å². The minimum Gasteiger partial charge on any atom is -0.342 e. The van der Waals surface area contributed by atoms with Gasteiger partial charge in [0.15, 0.2) is 0 Å². The van der Waals surface area contributed by atoms with Crippen molar-refractivity contribution in [3.8, 4) is 0 Å². The zero-order valence-corrected chi connectivity index (χ0v) is 10.5. The van der Waals surface area contributed by atoms with Crippen molar-refractivity contribution < 1.29 is 9.59 Å². The van der Waals surface area contributed by atoms with Crippen molar-refractivity contribution in [2.45, 2.75) is 39.2 Å². The van der Waals surface area contributed by atoms with Crippen LogP contribution in [-0.4, -0.2) is 54.2 Å². The van der Waals surface area contributed by atoms with Crippen molar-refractivity contribution >= 4 is 11.7 Å². The third-order valence-electron chi connectivity index (χ3n) is 3.32. The summed E-state index contributed by atoms with van der Waals surface area (Å²) in [6.45, 7) is 5.83. The third-order valence-corrected chi connectivity index (χ3v) is 3.32. The van der Waals surface area contributed by atoms with Gasteiger partial charge in [-0.2, -0.15) is 0 Å². The maximum atomic E-state index is 11.8. The fourth-order valence-electron chi connectivity index (χ4n) is 1.96. The largest absolute Gasteiger partial charge is 0.342 e. The van der Waals surface area contributed by atoms with Crippen LogP contribution in [0.4, 0.5) is 0 Å². The van der Waals surface area contributed by atoms with Crippen molar-refractivity contribution in [3.05, 3.63) is 0 Å². The van der Waals surface area contributed by atoms with Crippen LogP contribution in [0.1, 0.15) is 33.1 Å². The van der Waals surface area contributed by atoms with Crippen molar-refractivity contribution in [3.63, 3.8) is 0 Å². The number of carbonyl (C=O) groups is 2. The molecule has 0 N–H and O–H groups in total. The minimum absolute atomic E-state index is 0.149. The molecule has 16 heavy (non-hydrogen) atoms. The van der Waals surface area contributed by atoms with Gasteiger partial charge in [-0.3, -0.25) is 14.5 Å². The molecule has 0 radical (unpaired) electrons. The molecule has 4 heteroatoms. The highest BCUT2D eigenvalue weighted by Crippen LogP contribution is 2.09. The van der Waals surface area contributed by atoms with E-state index in [9.17, 15) is 9.59 Å². The lowest BCUT2D eigenvalue weighted by atomic mass is 10.1. The molecule has 1 aliphatic heterocycles. The first-order chi connectivity index (χ1) is 7.56. The smallest absolute Gasteiger partial charge is 0.236 e. The molecule has 1 fully saturated rings. The fourth-order valence-corrected chi connectivity index (χ4v) is 1.96. The van der Waals surface area contributed by atoms with Gasteiger partial charge < -0.3 is 4.90 Å². The summed E-state index contributed by atoms with van der Waals surface area (Å²) in [5.74, 6) is 0.340. The van der Waals surface area contributed by atoms with E-state index in [1.165, 1.54) is 0 Å². The molecule has 0 aliphatic carbocycles. The summed E-state index contributed by atoms with van der Waals surface area (Å²) in [7, 11) is 1.84. The van der Waals surface area contributed by atoms with E-state index in [4.69, 9.17) is 0 Å². The number of rotatable bonds is 5. The normalized spacial score (nSPS) is 17.9. The average molecular weight is 226 g/mol. The molecule has 1 aliphatic rings. The Hall–Kier alpha value is -0.900. The summed E-state index contributed by atoms with van der Waals surface area (Å²) >= 11 is 0. The van der Waals surface area contributed by atoms with Gasteiger partial charge in [0.1, 0.15) is 5.78 Å². The molecular formula is C12H22N2O2. The number of likely N-dealkylation sites (N-methyl/N-ethyl adjacent to an activating group) is 1. The second kappa shape index (κ2) is 5.99. The van der Waals surface area contributed by atoms with Crippen molar-refractivity contribution in [1.82, 2.24) is 9.80 Å². The number of amides is 1. The minimum atomic E-state index is -0.156. The van der Waals surface area contributed by atoms with Crippen LogP contribution in [0.15, 0.2) is 0 Å². The molecule has 1 amide bonds. The van der Waals surface area contributed by atoms with E-state index >= 15 is 0 Å². The van der Waals surface area contributed by atoms with Gasteiger partial charge in [-0.15, -0.1) is 0 Å². The van der Waals surface area contributed by atoms with Crippen molar-refractivity contribution in [2.75, 3.05) is 26.7 Å². The van der Waals surface area contributed by atoms with Crippen molar-refractivity contribution in [1.29, 1.82) is 0 Å². The number of Topliss-reactive ketones (excluding diaryl/α,β-unsaturated/α-hetero) is 1. The first-order valence-electron chi connectivity index (χ1n) is 6.07. The molecule has 0 aromatic carbocycles. The molecule has 1 unspecified atom stereocenters. The Morgan fingerprint density at radius 3 is 2.38 bits per heavy atom. The topological polar surface area (TPSA) is 40.6 Å². The van der Waals surface area contributed by atoms with Crippen molar-refractivity contribution in [2.24, 2.45) is 0 Å². The van der Waals surface area contributed by atoms with Crippen LogP contribution >= 0.6 is 0 Å². The highest BCUT2D eigenvalue weighted by atomic mass is 16.2. The molecule has 92 valence electrons. The van der Waals surface area contributed by atoms with Crippen LogP contribution in [0.3, 0.4) is 0 Å². The van der Waals surface area contributed by atoms with E-state index < -0.39 is 0 Å². The first-order valence-corrected chi connectivity index (χ1v) is 6.07. The Kier molecular flexibility index (Phi) is 4.93. The SMILES string of the molecule is CCC(=O)C(C)N(C)CC(=O)N1CCCC1. The van der Waals surface area contributed by atoms with Gasteiger partial charge in [-0.1, -0.05) is 6.92 Å². The molecule has 0 aromatic heterocycles. The van der Waals surface area contributed by atoms with Gasteiger partial charge >= 0.3 is 0 Å². The van der Waals surface area contributed by atoms with Crippen LogP contribution in [-0.2, 0) is 9.59 Å². The Morgan fingerprint density at radius 1 is 1.31 bits per heavy atom. The predicted molar refractivity (Wildman–Crippen MR) is 63.2 cm³/mol. The highest BCUT2D eigenvalue weighted by molar-refractivity contribution is 5.84. The number of nitrogens with zero attached hydrogens (tertiary/aromatic N) is 2. The second-order valence-electron chi connectivity index (χ2n) is 4.50. The standard InChI is InChI=1S/C12H22N2O2/c1-4-11(15)10(2)13(3)9-12(16)14-7-5-6-8-14/h10H,4-9H2,1-3H3. The van der Waals surface area contributed by atoms with Crippen LogP contribution in [0, 0.1) is 0 Å². The van der Waals surface area contributed by atoms with Gasteiger partial charge in [0.25, 0.3) is 0 Å². The van der Waals surface area contributed by atoms with Gasteiger partial charge in [-0.25, -0.2) is 0 Å². The number of likely N-dealkylation sites (tertiary alicyclic amines) is 1. The molecule has 0 spiro atoms. The average Bonchev–Trinajstić information content (AvgIpc) is 2.80. The molecule has 4 nitrogen and oxygen atoms in total. The monoisotopic (exact) mass is 226 g/mol. The van der Waals surface area contributed by atoms with E-state index in [1.807, 2.05) is 30.7 Å². The zero-order chi connectivity index (χ0) is 12.1. The summed E-state index contributed by atoms with van der Waals surface area (Å²) in [6.07, 6.45) is 2.75. The van der Waals surface area contributed by atoms with E-state index in [-0.39, 0.29) is 17.7 Å². The van der Waals surface area contributed by atoms with Gasteiger partial charge in [0.05, 0.1) is 12.6 Å². The Morgan fingerprint density at radius 2 is 1.88 bits per heavy atom. The first kappa shape index (κ1) is 13.2. The number of carbonyl (C=O) groups excluding carboxylic acids is 2.